The molecule has 0 radical (unpaired) electrons. The number of pyridine rings is 2. The molecule has 1 atom stereocenters. The summed E-state index contributed by atoms with van der Waals surface area (Å²) in [6, 6.07) is 5.50. The molecule has 1 unspecified atom stereocenters. The van der Waals surface area contributed by atoms with Gasteiger partial charge in [-0.15, -0.1) is 0 Å². The fourth-order valence-corrected chi connectivity index (χ4v) is 2.14. The number of aliphatic hydroxyl groups excluding tert-OH is 1. The van der Waals surface area contributed by atoms with E-state index in [4.69, 9.17) is 4.74 Å². The third-order valence-electron chi connectivity index (χ3n) is 3.17. The van der Waals surface area contributed by atoms with Crippen LogP contribution in [0.1, 0.15) is 28.6 Å². The Kier molecular flexibility index (Phi) is 4.12. The third kappa shape index (κ3) is 2.90. The largest absolute Gasteiger partial charge is 0.496 e. The van der Waals surface area contributed by atoms with Crippen molar-refractivity contribution in [1.82, 2.24) is 9.97 Å². The summed E-state index contributed by atoms with van der Waals surface area (Å²) in [5.74, 6) is 0.832. The van der Waals surface area contributed by atoms with Crippen LogP contribution in [-0.4, -0.2) is 22.2 Å². The fourth-order valence-electron chi connectivity index (χ4n) is 2.14. The summed E-state index contributed by atoms with van der Waals surface area (Å²) >= 11 is 0. The highest BCUT2D eigenvalue weighted by Gasteiger charge is 2.15. The Morgan fingerprint density at radius 1 is 1.26 bits per heavy atom. The van der Waals surface area contributed by atoms with Gasteiger partial charge in [-0.1, -0.05) is 6.07 Å². The first-order valence-corrected chi connectivity index (χ1v) is 6.21. The molecular weight excluding hydrogens is 240 g/mol. The summed E-state index contributed by atoms with van der Waals surface area (Å²) in [6.07, 6.45) is 3.22. The maximum absolute atomic E-state index is 10.2. The van der Waals surface area contributed by atoms with Crippen molar-refractivity contribution >= 4 is 0 Å². The predicted molar refractivity (Wildman–Crippen MR) is 73.2 cm³/mol. The monoisotopic (exact) mass is 258 g/mol. The van der Waals surface area contributed by atoms with Crippen LogP contribution in [0.4, 0.5) is 0 Å². The second-order valence-corrected chi connectivity index (χ2v) is 4.52. The van der Waals surface area contributed by atoms with E-state index in [1.807, 2.05) is 32.0 Å². The van der Waals surface area contributed by atoms with E-state index in [0.717, 1.165) is 22.6 Å². The summed E-state index contributed by atoms with van der Waals surface area (Å²) < 4.78 is 5.37. The molecule has 4 nitrogen and oxygen atoms in total. The van der Waals surface area contributed by atoms with Crippen molar-refractivity contribution < 1.29 is 9.84 Å². The number of aryl methyl sites for hydroxylation is 1. The minimum absolute atomic E-state index is 0.430. The van der Waals surface area contributed by atoms with Crippen LogP contribution in [0.2, 0.25) is 0 Å². The summed E-state index contributed by atoms with van der Waals surface area (Å²) in [5.41, 5.74) is 3.46. The molecule has 2 heterocycles. The topological polar surface area (TPSA) is 55.2 Å². The summed E-state index contributed by atoms with van der Waals surface area (Å²) in [5, 5.41) is 10.2. The van der Waals surface area contributed by atoms with Gasteiger partial charge >= 0.3 is 0 Å². The van der Waals surface area contributed by atoms with Crippen LogP contribution in [0.5, 0.6) is 5.75 Å². The molecule has 0 saturated heterocycles. The van der Waals surface area contributed by atoms with Crippen LogP contribution in [-0.2, 0) is 6.42 Å². The molecule has 2 aromatic heterocycles. The third-order valence-corrected chi connectivity index (χ3v) is 3.17. The van der Waals surface area contributed by atoms with Crippen molar-refractivity contribution in [3.8, 4) is 5.75 Å². The first-order chi connectivity index (χ1) is 9.13. The Hall–Kier alpha value is -1.94. The minimum Gasteiger partial charge on any atom is -0.496 e. The van der Waals surface area contributed by atoms with Crippen molar-refractivity contribution in [2.45, 2.75) is 26.4 Å². The Labute approximate surface area is 113 Å². The number of hydrogen-bond donors (Lipinski definition) is 1. The number of hydrogen-bond acceptors (Lipinski definition) is 4. The number of aliphatic hydroxyl groups is 1. The van der Waals surface area contributed by atoms with Gasteiger partial charge in [0.2, 0.25) is 0 Å². The van der Waals surface area contributed by atoms with Crippen molar-refractivity contribution in [3.63, 3.8) is 0 Å². The molecule has 2 aromatic rings. The van der Waals surface area contributed by atoms with Gasteiger partial charge in [0, 0.05) is 35.6 Å². The molecule has 0 aliphatic carbocycles. The van der Waals surface area contributed by atoms with Crippen molar-refractivity contribution in [3.05, 3.63) is 53.1 Å². The lowest BCUT2D eigenvalue weighted by atomic mass is 10.0. The van der Waals surface area contributed by atoms with Crippen LogP contribution >= 0.6 is 0 Å². The molecule has 0 bridgehead atoms. The van der Waals surface area contributed by atoms with E-state index in [0.29, 0.717) is 12.1 Å². The minimum atomic E-state index is -0.653. The summed E-state index contributed by atoms with van der Waals surface area (Å²) in [7, 11) is 1.65. The molecule has 0 spiro atoms. The standard InChI is InChI=1S/C15H18N2O2/c1-10-9-17-13(11(2)15(10)19-3)8-14(18)12-6-4-5-7-16-12/h4-7,9,14,18H,8H2,1-3H3. The average molecular weight is 258 g/mol. The highest BCUT2D eigenvalue weighted by Crippen LogP contribution is 2.26. The lowest BCUT2D eigenvalue weighted by Gasteiger charge is -2.14. The average Bonchev–Trinajstić information content (AvgIpc) is 2.43. The molecule has 0 aliphatic rings. The zero-order valence-corrected chi connectivity index (χ0v) is 11.4. The van der Waals surface area contributed by atoms with E-state index < -0.39 is 6.10 Å². The number of rotatable bonds is 4. The fraction of sp³-hybridized carbons (Fsp3) is 0.333. The van der Waals surface area contributed by atoms with Gasteiger partial charge in [0.1, 0.15) is 11.9 Å². The molecule has 100 valence electrons. The second kappa shape index (κ2) is 5.80. The van der Waals surface area contributed by atoms with Gasteiger partial charge < -0.3 is 9.84 Å². The molecule has 0 amide bonds. The van der Waals surface area contributed by atoms with Crippen molar-refractivity contribution in [2.24, 2.45) is 0 Å². The quantitative estimate of drug-likeness (QED) is 0.914. The van der Waals surface area contributed by atoms with E-state index in [-0.39, 0.29) is 0 Å². The van der Waals surface area contributed by atoms with Crippen LogP contribution in [0, 0.1) is 13.8 Å². The zero-order chi connectivity index (χ0) is 13.8. The zero-order valence-electron chi connectivity index (χ0n) is 11.4. The van der Waals surface area contributed by atoms with Gasteiger partial charge in [-0.3, -0.25) is 9.97 Å². The molecule has 2 rings (SSSR count). The highest BCUT2D eigenvalue weighted by molar-refractivity contribution is 5.41. The number of aromatic nitrogens is 2. The smallest absolute Gasteiger partial charge is 0.128 e. The second-order valence-electron chi connectivity index (χ2n) is 4.52. The molecule has 0 aliphatic heterocycles. The van der Waals surface area contributed by atoms with Gasteiger partial charge in [-0.25, -0.2) is 0 Å². The van der Waals surface area contributed by atoms with Crippen LogP contribution < -0.4 is 4.74 Å². The Morgan fingerprint density at radius 2 is 2.05 bits per heavy atom. The maximum Gasteiger partial charge on any atom is 0.128 e. The van der Waals surface area contributed by atoms with E-state index >= 15 is 0 Å². The molecule has 19 heavy (non-hydrogen) atoms. The van der Waals surface area contributed by atoms with Crippen molar-refractivity contribution in [1.29, 1.82) is 0 Å². The van der Waals surface area contributed by atoms with Gasteiger partial charge in [-0.05, 0) is 26.0 Å². The highest BCUT2D eigenvalue weighted by atomic mass is 16.5. The van der Waals surface area contributed by atoms with Crippen LogP contribution in [0.3, 0.4) is 0 Å². The molecule has 1 N–H and O–H groups in total. The molecule has 4 heteroatoms. The number of methoxy groups -OCH3 is 1. The SMILES string of the molecule is COc1c(C)cnc(CC(O)c2ccccn2)c1C. The van der Waals surface area contributed by atoms with E-state index in [1.165, 1.54) is 0 Å². The van der Waals surface area contributed by atoms with Gasteiger partial charge in [0.25, 0.3) is 0 Å². The lowest BCUT2D eigenvalue weighted by Crippen LogP contribution is -2.08. The Balaban J connectivity index is 2.25. The van der Waals surface area contributed by atoms with Gasteiger partial charge in [-0.2, -0.15) is 0 Å². The van der Waals surface area contributed by atoms with Gasteiger partial charge in [0.05, 0.1) is 12.8 Å². The summed E-state index contributed by atoms with van der Waals surface area (Å²) in [6.45, 7) is 3.91. The van der Waals surface area contributed by atoms with E-state index in [9.17, 15) is 5.11 Å². The maximum atomic E-state index is 10.2. The van der Waals surface area contributed by atoms with E-state index in [1.54, 1.807) is 19.5 Å². The number of nitrogens with zero attached hydrogens (tertiary/aromatic N) is 2. The predicted octanol–water partition coefficient (Wildman–Crippen LogP) is 2.38. The first kappa shape index (κ1) is 13.5. The Morgan fingerprint density at radius 3 is 2.68 bits per heavy atom. The van der Waals surface area contributed by atoms with Gasteiger partial charge in [0.15, 0.2) is 0 Å². The molecule has 0 aromatic carbocycles. The molecule has 0 saturated carbocycles. The summed E-state index contributed by atoms with van der Waals surface area (Å²) in [4.78, 5) is 8.54. The lowest BCUT2D eigenvalue weighted by molar-refractivity contribution is 0.172. The Bertz CT molecular complexity index is 556. The first-order valence-electron chi connectivity index (χ1n) is 6.21. The van der Waals surface area contributed by atoms with Crippen LogP contribution in [0.15, 0.2) is 30.6 Å². The number of ether oxygens (including phenoxy) is 1. The normalized spacial score (nSPS) is 12.2. The molecular formula is C15H18N2O2. The van der Waals surface area contributed by atoms with E-state index in [2.05, 4.69) is 9.97 Å². The van der Waals surface area contributed by atoms with Crippen molar-refractivity contribution in [2.75, 3.05) is 7.11 Å². The molecule has 0 fully saturated rings. The van der Waals surface area contributed by atoms with Crippen LogP contribution in [0.25, 0.3) is 0 Å².